The van der Waals surface area contributed by atoms with E-state index in [9.17, 15) is 10.2 Å². The molecule has 252 valence electrons. The van der Waals surface area contributed by atoms with Crippen LogP contribution < -0.4 is 41.3 Å². The molecule has 0 unspecified atom stereocenters. The number of rotatable bonds is 8. The quantitative estimate of drug-likeness (QED) is 0.247. The van der Waals surface area contributed by atoms with Crippen LogP contribution in [0.25, 0.3) is 0 Å². The molecule has 16 heteroatoms. The second-order valence-corrected chi connectivity index (χ2v) is 11.1. The van der Waals surface area contributed by atoms with Gasteiger partial charge in [0.25, 0.3) is 0 Å². The van der Waals surface area contributed by atoms with Crippen molar-refractivity contribution in [3.63, 3.8) is 0 Å². The van der Waals surface area contributed by atoms with Crippen LogP contribution in [0.3, 0.4) is 0 Å². The van der Waals surface area contributed by atoms with E-state index in [-0.39, 0.29) is 45.6 Å². The average Bonchev–Trinajstić information content (AvgIpc) is 3.07. The molecule has 4 aromatic rings. The molecule has 0 aliphatic rings. The summed E-state index contributed by atoms with van der Waals surface area (Å²) in [6.45, 7) is 2.33. The van der Waals surface area contributed by atoms with Crippen LogP contribution in [0.4, 0.5) is 0 Å². The average molecular weight is 978 g/mol. The van der Waals surface area contributed by atoms with Gasteiger partial charge in [-0.2, -0.15) is 28.4 Å². The van der Waals surface area contributed by atoms with Gasteiger partial charge in [-0.15, -0.1) is 0 Å². The van der Waals surface area contributed by atoms with Gasteiger partial charge in [0.2, 0.25) is 0 Å². The van der Waals surface area contributed by atoms with E-state index in [1.807, 2.05) is 48.5 Å². The molecule has 2 N–H and O–H groups in total. The molecule has 2 aromatic carbocycles. The summed E-state index contributed by atoms with van der Waals surface area (Å²) in [6, 6.07) is 18.7. The van der Waals surface area contributed by atoms with E-state index < -0.39 is 0 Å². The number of halogens is 4. The van der Waals surface area contributed by atoms with Gasteiger partial charge in [-0.1, -0.05) is 87.4 Å². The van der Waals surface area contributed by atoms with Gasteiger partial charge in [0.15, 0.2) is 0 Å². The minimum absolute atomic E-state index is 0. The van der Waals surface area contributed by atoms with Crippen LogP contribution in [-0.2, 0) is 60.3 Å². The summed E-state index contributed by atoms with van der Waals surface area (Å²) in [5.41, 5.74) is 3.37. The van der Waals surface area contributed by atoms with E-state index in [1.165, 1.54) is 0 Å². The molecule has 4 rings (SSSR count). The molecular formula is C30H34Br4Fe2N4O6+2. The third-order valence-electron chi connectivity index (χ3n) is 4.87. The molecule has 0 saturated heterocycles. The van der Waals surface area contributed by atoms with Gasteiger partial charge in [-0.3, -0.25) is 9.97 Å². The Hall–Kier alpha value is -0.941. The molecular weight excluding hydrogens is 944 g/mol. The van der Waals surface area contributed by atoms with Crippen LogP contribution in [0.15, 0.2) is 90.9 Å². The standard InChI is InChI=1S/2C13H12Br2N2O.4CH3O.2Fe/c2*14-10-5-9(13(18)12(15)6-10)7-16-8-11-3-1-2-4-17-11;4*1-2;;/h2*1-6,16,18H,7-8H2;4*1H3;;/q;;4*-1;2*+4/p-2. The van der Waals surface area contributed by atoms with Crippen molar-refractivity contribution in [2.45, 2.75) is 26.2 Å². The topological polar surface area (TPSA) is 188 Å². The van der Waals surface area contributed by atoms with Gasteiger partial charge < -0.3 is 41.3 Å². The maximum atomic E-state index is 11.8. The van der Waals surface area contributed by atoms with Crippen molar-refractivity contribution in [3.05, 3.63) is 113 Å². The molecule has 0 aliphatic heterocycles. The summed E-state index contributed by atoms with van der Waals surface area (Å²) < 4.78 is 2.94. The number of nitrogens with zero attached hydrogens (tertiary/aromatic N) is 2. The van der Waals surface area contributed by atoms with Crippen molar-refractivity contribution >= 4 is 63.7 Å². The van der Waals surface area contributed by atoms with Crippen molar-refractivity contribution in [1.82, 2.24) is 20.6 Å². The van der Waals surface area contributed by atoms with Gasteiger partial charge in [0, 0.05) is 56.5 Å². The number of nitrogens with one attached hydrogen (secondary N) is 2. The van der Waals surface area contributed by atoms with E-state index in [0.29, 0.717) is 35.1 Å². The summed E-state index contributed by atoms with van der Waals surface area (Å²) in [7, 11) is 3.00. The Morgan fingerprint density at radius 1 is 0.522 bits per heavy atom. The number of hydrogen-bond donors (Lipinski definition) is 2. The molecule has 0 atom stereocenters. The Bertz CT molecular complexity index is 1190. The van der Waals surface area contributed by atoms with Crippen molar-refractivity contribution in [3.8, 4) is 11.5 Å². The minimum Gasteiger partial charge on any atom is -0.871 e. The Morgan fingerprint density at radius 3 is 1.13 bits per heavy atom. The summed E-state index contributed by atoms with van der Waals surface area (Å²) in [5, 5.41) is 63.1. The van der Waals surface area contributed by atoms with E-state index in [2.05, 4.69) is 84.3 Å². The maximum absolute atomic E-state index is 11.8. The molecule has 2 heterocycles. The van der Waals surface area contributed by atoms with E-state index in [4.69, 9.17) is 20.4 Å². The summed E-state index contributed by atoms with van der Waals surface area (Å²) in [6.07, 6.45) is 3.51. The van der Waals surface area contributed by atoms with Crippen LogP contribution >= 0.6 is 63.7 Å². The first-order valence-corrected chi connectivity index (χ1v) is 15.6. The van der Waals surface area contributed by atoms with Crippen molar-refractivity contribution < 1.29 is 64.8 Å². The van der Waals surface area contributed by atoms with Crippen molar-refractivity contribution in [2.24, 2.45) is 0 Å². The number of benzene rings is 2. The molecule has 0 saturated carbocycles. The SMILES string of the molecule is C[O-].C[O-].C[O-].C[O-].[Fe+4].[Fe+4].[O-]c1c(Br)cc(Br)cc1CNCc1ccccn1.[O-]c1c(Br)cc(Br)cc1CNCc1ccccn1. The molecule has 2 aromatic heterocycles. The van der Waals surface area contributed by atoms with Crippen LogP contribution in [0, 0.1) is 0 Å². The van der Waals surface area contributed by atoms with Crippen molar-refractivity contribution in [1.29, 1.82) is 0 Å². The zero-order chi connectivity index (χ0) is 33.9. The summed E-state index contributed by atoms with van der Waals surface area (Å²) >= 11 is 13.3. The molecule has 46 heavy (non-hydrogen) atoms. The fourth-order valence-corrected chi connectivity index (χ4v) is 5.77. The predicted molar refractivity (Wildman–Crippen MR) is 176 cm³/mol. The fraction of sp³-hybridized carbons (Fsp3) is 0.267. The van der Waals surface area contributed by atoms with Crippen LogP contribution in [0.2, 0.25) is 0 Å². The monoisotopic (exact) mass is 974 g/mol. The third-order valence-corrected chi connectivity index (χ3v) is 6.96. The first-order chi connectivity index (χ1) is 21.3. The zero-order valence-corrected chi connectivity index (χ0v) is 33.9. The molecule has 0 aliphatic carbocycles. The molecule has 0 fully saturated rings. The first-order valence-electron chi connectivity index (χ1n) is 12.5. The second kappa shape index (κ2) is 33.9. The zero-order valence-electron chi connectivity index (χ0n) is 25.3. The molecule has 0 bridgehead atoms. The molecule has 0 amide bonds. The van der Waals surface area contributed by atoms with Crippen LogP contribution in [0.5, 0.6) is 11.5 Å². The number of hydrogen-bond acceptors (Lipinski definition) is 10. The number of pyridine rings is 2. The summed E-state index contributed by atoms with van der Waals surface area (Å²) in [5.74, 6) is 0.0402. The van der Waals surface area contributed by atoms with Gasteiger partial charge in [-0.25, -0.2) is 0 Å². The van der Waals surface area contributed by atoms with Gasteiger partial charge in [0.05, 0.1) is 11.4 Å². The van der Waals surface area contributed by atoms with Crippen LogP contribution in [-0.4, -0.2) is 38.4 Å². The Balaban J connectivity index is -0.000000304. The van der Waals surface area contributed by atoms with E-state index >= 15 is 0 Å². The van der Waals surface area contributed by atoms with E-state index in [0.717, 1.165) is 59.9 Å². The number of aromatic nitrogens is 2. The Morgan fingerprint density at radius 2 is 0.848 bits per heavy atom. The summed E-state index contributed by atoms with van der Waals surface area (Å²) in [4.78, 5) is 8.42. The third kappa shape index (κ3) is 21.8. The van der Waals surface area contributed by atoms with Crippen LogP contribution in [0.1, 0.15) is 22.5 Å². The van der Waals surface area contributed by atoms with Gasteiger partial charge in [-0.05, 0) is 59.7 Å². The normalized spacial score (nSPS) is 8.78. The van der Waals surface area contributed by atoms with Gasteiger partial charge in [0.1, 0.15) is 0 Å². The molecule has 0 radical (unpaired) electrons. The predicted octanol–water partition coefficient (Wildman–Crippen LogP) is 1.84. The molecule has 10 nitrogen and oxygen atoms in total. The minimum atomic E-state index is 0. The second-order valence-electron chi connectivity index (χ2n) is 7.60. The Kier molecular flexibility index (Phi) is 38.3. The Labute approximate surface area is 326 Å². The largest absolute Gasteiger partial charge is 4.00 e. The van der Waals surface area contributed by atoms with E-state index in [1.54, 1.807) is 24.5 Å². The van der Waals surface area contributed by atoms with Gasteiger partial charge >= 0.3 is 34.1 Å². The maximum Gasteiger partial charge on any atom is 4.00 e. The first kappa shape index (κ1) is 51.9. The van der Waals surface area contributed by atoms with Crippen molar-refractivity contribution in [2.75, 3.05) is 28.4 Å². The smallest absolute Gasteiger partial charge is 0.871 e. The fourth-order valence-electron chi connectivity index (χ4n) is 3.15. The molecule has 0 spiro atoms.